The Kier molecular flexibility index (Phi) is 2.85. The third kappa shape index (κ3) is 2.91. The highest BCUT2D eigenvalue weighted by molar-refractivity contribution is 5.82. The largest absolute Gasteiger partial charge is 0.353 e. The fraction of sp³-hybridized carbons (Fsp3) is 0.875. The molecule has 1 amide bonds. The molecule has 0 radical (unpaired) electrons. The van der Waals surface area contributed by atoms with Crippen molar-refractivity contribution in [3.63, 3.8) is 0 Å². The van der Waals surface area contributed by atoms with Gasteiger partial charge in [0, 0.05) is 12.5 Å². The van der Waals surface area contributed by atoms with Crippen molar-refractivity contribution in [2.45, 2.75) is 38.3 Å². The Hall–Kier alpha value is -0.710. The van der Waals surface area contributed by atoms with Gasteiger partial charge in [0.25, 0.3) is 5.92 Å². The van der Waals surface area contributed by atoms with Crippen LogP contribution in [0.4, 0.5) is 8.78 Å². The lowest BCUT2D eigenvalue weighted by atomic mass is 10.2. The van der Waals surface area contributed by atoms with E-state index < -0.39 is 24.9 Å². The highest BCUT2D eigenvalue weighted by Crippen LogP contribution is 2.24. The summed E-state index contributed by atoms with van der Waals surface area (Å²) in [6.45, 7) is 3.19. The highest BCUT2D eigenvalue weighted by Gasteiger charge is 2.42. The number of rotatable bonds is 2. The van der Waals surface area contributed by atoms with Crippen LogP contribution in [-0.4, -0.2) is 30.5 Å². The maximum Gasteiger partial charge on any atom is 0.262 e. The van der Waals surface area contributed by atoms with Crippen LogP contribution in [0, 0.1) is 0 Å². The zero-order valence-electron chi connectivity index (χ0n) is 7.73. The van der Waals surface area contributed by atoms with Crippen LogP contribution in [0.2, 0.25) is 0 Å². The molecule has 0 saturated carbocycles. The van der Waals surface area contributed by atoms with Gasteiger partial charge in [0.05, 0.1) is 12.6 Å². The average Bonchev–Trinajstić information content (AvgIpc) is 2.28. The Morgan fingerprint density at radius 1 is 1.62 bits per heavy atom. The Morgan fingerprint density at radius 3 is 2.62 bits per heavy atom. The summed E-state index contributed by atoms with van der Waals surface area (Å²) in [7, 11) is 0. The normalized spacial score (nSPS) is 26.4. The predicted molar refractivity (Wildman–Crippen MR) is 44.6 cm³/mol. The summed E-state index contributed by atoms with van der Waals surface area (Å²) in [5.41, 5.74) is 0. The van der Waals surface area contributed by atoms with E-state index in [1.807, 2.05) is 0 Å². The maximum atomic E-state index is 12.6. The molecule has 0 aromatic rings. The van der Waals surface area contributed by atoms with E-state index in [1.54, 1.807) is 13.8 Å². The molecule has 0 aliphatic carbocycles. The van der Waals surface area contributed by atoms with Gasteiger partial charge in [-0.2, -0.15) is 0 Å². The van der Waals surface area contributed by atoms with E-state index >= 15 is 0 Å². The molecule has 1 heterocycles. The lowest BCUT2D eigenvalue weighted by Crippen LogP contribution is -2.43. The topological polar surface area (TPSA) is 41.1 Å². The quantitative estimate of drug-likeness (QED) is 0.669. The van der Waals surface area contributed by atoms with Crippen LogP contribution in [-0.2, 0) is 4.79 Å². The molecule has 0 aromatic carbocycles. The number of carbonyl (C=O) groups is 1. The van der Waals surface area contributed by atoms with E-state index in [9.17, 15) is 13.6 Å². The van der Waals surface area contributed by atoms with Gasteiger partial charge in [-0.1, -0.05) is 0 Å². The molecule has 2 N–H and O–H groups in total. The molecule has 1 atom stereocenters. The van der Waals surface area contributed by atoms with E-state index in [0.29, 0.717) is 0 Å². The molecule has 1 unspecified atom stereocenters. The number of nitrogens with one attached hydrogen (secondary N) is 2. The standard InChI is InChI=1S/C8H14F2N2O/c1-5(2)12-7(13)6-3-8(9,10)4-11-6/h5-6,11H,3-4H2,1-2H3,(H,12,13). The minimum atomic E-state index is -2.74. The zero-order valence-corrected chi connectivity index (χ0v) is 7.73. The Balaban J connectivity index is 2.42. The first-order valence-electron chi connectivity index (χ1n) is 4.32. The second-order valence-corrected chi connectivity index (χ2v) is 3.66. The lowest BCUT2D eigenvalue weighted by Gasteiger charge is -2.13. The summed E-state index contributed by atoms with van der Waals surface area (Å²) < 4.78 is 25.3. The van der Waals surface area contributed by atoms with Gasteiger partial charge in [-0.3, -0.25) is 10.1 Å². The number of halogens is 2. The van der Waals surface area contributed by atoms with E-state index in [2.05, 4.69) is 10.6 Å². The van der Waals surface area contributed by atoms with Gasteiger partial charge >= 0.3 is 0 Å². The van der Waals surface area contributed by atoms with Crippen molar-refractivity contribution in [1.29, 1.82) is 0 Å². The van der Waals surface area contributed by atoms with Crippen LogP contribution < -0.4 is 10.6 Å². The van der Waals surface area contributed by atoms with Crippen molar-refractivity contribution in [2.75, 3.05) is 6.54 Å². The molecule has 1 rings (SSSR count). The Bertz CT molecular complexity index is 206. The molecule has 5 heteroatoms. The van der Waals surface area contributed by atoms with Crippen molar-refractivity contribution in [1.82, 2.24) is 10.6 Å². The van der Waals surface area contributed by atoms with Crippen molar-refractivity contribution in [3.05, 3.63) is 0 Å². The first-order chi connectivity index (χ1) is 5.91. The number of carbonyl (C=O) groups excluding carboxylic acids is 1. The Morgan fingerprint density at radius 2 is 2.23 bits per heavy atom. The van der Waals surface area contributed by atoms with Gasteiger partial charge in [-0.05, 0) is 13.8 Å². The molecule has 0 spiro atoms. The van der Waals surface area contributed by atoms with Gasteiger partial charge in [-0.25, -0.2) is 8.78 Å². The smallest absolute Gasteiger partial charge is 0.262 e. The van der Waals surface area contributed by atoms with Gasteiger partial charge in [0.2, 0.25) is 5.91 Å². The fourth-order valence-corrected chi connectivity index (χ4v) is 1.29. The van der Waals surface area contributed by atoms with E-state index in [0.717, 1.165) is 0 Å². The lowest BCUT2D eigenvalue weighted by molar-refractivity contribution is -0.123. The van der Waals surface area contributed by atoms with Crippen LogP contribution in [0.15, 0.2) is 0 Å². The molecule has 76 valence electrons. The third-order valence-electron chi connectivity index (χ3n) is 1.86. The van der Waals surface area contributed by atoms with Gasteiger partial charge in [-0.15, -0.1) is 0 Å². The summed E-state index contributed by atoms with van der Waals surface area (Å²) in [6, 6.07) is -0.749. The van der Waals surface area contributed by atoms with Crippen LogP contribution in [0.1, 0.15) is 20.3 Å². The summed E-state index contributed by atoms with van der Waals surface area (Å²) in [5, 5.41) is 5.08. The molecule has 13 heavy (non-hydrogen) atoms. The summed E-state index contributed by atoms with van der Waals surface area (Å²) in [4.78, 5) is 11.2. The molecule has 1 saturated heterocycles. The fourth-order valence-electron chi connectivity index (χ4n) is 1.29. The second-order valence-electron chi connectivity index (χ2n) is 3.66. The van der Waals surface area contributed by atoms with Crippen molar-refractivity contribution < 1.29 is 13.6 Å². The van der Waals surface area contributed by atoms with Crippen molar-refractivity contribution >= 4 is 5.91 Å². The molecule has 1 aliphatic heterocycles. The summed E-state index contributed by atoms with van der Waals surface area (Å²) >= 11 is 0. The first-order valence-corrected chi connectivity index (χ1v) is 4.32. The van der Waals surface area contributed by atoms with E-state index in [1.165, 1.54) is 0 Å². The van der Waals surface area contributed by atoms with Crippen LogP contribution >= 0.6 is 0 Å². The van der Waals surface area contributed by atoms with Gasteiger partial charge < -0.3 is 5.32 Å². The molecule has 0 aromatic heterocycles. The Labute approximate surface area is 75.9 Å². The highest BCUT2D eigenvalue weighted by atomic mass is 19.3. The molecule has 1 aliphatic rings. The third-order valence-corrected chi connectivity index (χ3v) is 1.86. The predicted octanol–water partition coefficient (Wildman–Crippen LogP) is 0.508. The molecule has 1 fully saturated rings. The second kappa shape index (κ2) is 3.57. The summed E-state index contributed by atoms with van der Waals surface area (Å²) in [5.74, 6) is -3.08. The zero-order chi connectivity index (χ0) is 10.1. The molecule has 3 nitrogen and oxygen atoms in total. The van der Waals surface area contributed by atoms with Crippen LogP contribution in [0.25, 0.3) is 0 Å². The number of alkyl halides is 2. The molecule has 0 bridgehead atoms. The van der Waals surface area contributed by atoms with E-state index in [4.69, 9.17) is 0 Å². The SMILES string of the molecule is CC(C)NC(=O)C1CC(F)(F)CN1. The van der Waals surface area contributed by atoms with Gasteiger partial charge in [0.15, 0.2) is 0 Å². The molecular weight excluding hydrogens is 178 g/mol. The summed E-state index contributed by atoms with van der Waals surface area (Å²) in [6.07, 6.45) is -0.397. The minimum absolute atomic E-state index is 0.0106. The maximum absolute atomic E-state index is 12.6. The van der Waals surface area contributed by atoms with Gasteiger partial charge in [0.1, 0.15) is 0 Å². The minimum Gasteiger partial charge on any atom is -0.353 e. The number of hydrogen-bond acceptors (Lipinski definition) is 2. The van der Waals surface area contributed by atoms with Crippen molar-refractivity contribution in [2.24, 2.45) is 0 Å². The van der Waals surface area contributed by atoms with Crippen LogP contribution in [0.5, 0.6) is 0 Å². The molecular formula is C8H14F2N2O. The van der Waals surface area contributed by atoms with Crippen LogP contribution in [0.3, 0.4) is 0 Å². The average molecular weight is 192 g/mol. The first kappa shape index (κ1) is 10.4. The number of amides is 1. The van der Waals surface area contributed by atoms with Crippen molar-refractivity contribution in [3.8, 4) is 0 Å². The number of hydrogen-bond donors (Lipinski definition) is 2. The van der Waals surface area contributed by atoms with E-state index in [-0.39, 0.29) is 11.9 Å². The monoisotopic (exact) mass is 192 g/mol.